The fourth-order valence-corrected chi connectivity index (χ4v) is 3.68. The Bertz CT molecular complexity index is 935. The first-order valence-corrected chi connectivity index (χ1v) is 8.49. The van der Waals surface area contributed by atoms with Crippen LogP contribution in [0.25, 0.3) is 10.2 Å². The van der Waals surface area contributed by atoms with E-state index in [0.717, 1.165) is 21.3 Å². The third-order valence-electron chi connectivity index (χ3n) is 3.85. The van der Waals surface area contributed by atoms with Gasteiger partial charge >= 0.3 is 0 Å². The Hall–Kier alpha value is -2.60. The second-order valence-corrected chi connectivity index (χ2v) is 6.80. The van der Waals surface area contributed by atoms with E-state index in [9.17, 15) is 4.79 Å². The number of amides is 1. The van der Waals surface area contributed by atoms with Gasteiger partial charge < -0.3 is 9.47 Å². The number of carbonyl (C=O) groups excluding carboxylic acids is 1. The minimum atomic E-state index is -0.685. The first-order chi connectivity index (χ1) is 11.6. The molecule has 0 bridgehead atoms. The summed E-state index contributed by atoms with van der Waals surface area (Å²) < 4.78 is 12.4. The largest absolute Gasteiger partial charge is 0.485 e. The number of aryl methyl sites for hydroxylation is 2. The number of benzene rings is 2. The quantitative estimate of drug-likeness (QED) is 0.773. The highest BCUT2D eigenvalue weighted by Crippen LogP contribution is 2.32. The molecule has 0 aliphatic carbocycles. The highest BCUT2D eigenvalue weighted by Gasteiger charge is 2.28. The number of nitrogens with zero attached hydrogens (tertiary/aromatic N) is 1. The molecule has 1 unspecified atom stereocenters. The van der Waals surface area contributed by atoms with Gasteiger partial charge in [0.15, 0.2) is 16.6 Å². The second kappa shape index (κ2) is 5.79. The van der Waals surface area contributed by atoms with Crippen molar-refractivity contribution in [3.8, 4) is 11.5 Å². The number of hydrogen-bond donors (Lipinski definition) is 1. The van der Waals surface area contributed by atoms with Gasteiger partial charge in [-0.25, -0.2) is 4.98 Å². The maximum absolute atomic E-state index is 12.5. The number of para-hydroxylation sites is 2. The molecule has 0 radical (unpaired) electrons. The fourth-order valence-electron chi connectivity index (χ4n) is 2.76. The molecule has 1 atom stereocenters. The molecule has 1 aliphatic rings. The Balaban J connectivity index is 1.54. The van der Waals surface area contributed by atoms with Crippen LogP contribution >= 0.6 is 11.3 Å². The Kier molecular flexibility index (Phi) is 3.61. The molecule has 4 rings (SSSR count). The highest BCUT2D eigenvalue weighted by atomic mass is 32.1. The Labute approximate surface area is 143 Å². The second-order valence-electron chi connectivity index (χ2n) is 5.80. The molecule has 2 aromatic carbocycles. The zero-order valence-corrected chi connectivity index (χ0v) is 14.1. The molecular weight excluding hydrogens is 324 g/mol. The summed E-state index contributed by atoms with van der Waals surface area (Å²) in [4.78, 5) is 17.0. The molecule has 1 aromatic heterocycles. The zero-order valence-electron chi connectivity index (χ0n) is 13.3. The molecule has 1 aliphatic heterocycles. The first kappa shape index (κ1) is 15.0. The van der Waals surface area contributed by atoms with E-state index in [1.807, 2.05) is 38.1 Å². The molecule has 122 valence electrons. The summed E-state index contributed by atoms with van der Waals surface area (Å²) in [6, 6.07) is 11.5. The molecule has 24 heavy (non-hydrogen) atoms. The molecular formula is C18H16N2O3S. The van der Waals surface area contributed by atoms with Crippen LogP contribution in [0.5, 0.6) is 11.5 Å². The van der Waals surface area contributed by atoms with Crippen LogP contribution in [0.1, 0.15) is 11.1 Å². The van der Waals surface area contributed by atoms with Crippen LogP contribution in [0.15, 0.2) is 36.4 Å². The molecule has 0 fully saturated rings. The summed E-state index contributed by atoms with van der Waals surface area (Å²) in [5, 5.41) is 3.42. The fraction of sp³-hybridized carbons (Fsp3) is 0.222. The van der Waals surface area contributed by atoms with Crippen molar-refractivity contribution in [2.24, 2.45) is 0 Å². The van der Waals surface area contributed by atoms with E-state index < -0.39 is 6.10 Å². The summed E-state index contributed by atoms with van der Waals surface area (Å²) >= 11 is 1.47. The molecule has 5 nitrogen and oxygen atoms in total. The summed E-state index contributed by atoms with van der Waals surface area (Å²) in [5.41, 5.74) is 3.22. The van der Waals surface area contributed by atoms with Crippen molar-refractivity contribution >= 4 is 32.6 Å². The van der Waals surface area contributed by atoms with Gasteiger partial charge in [-0.2, -0.15) is 0 Å². The lowest BCUT2D eigenvalue weighted by molar-refractivity contribution is -0.125. The van der Waals surface area contributed by atoms with E-state index in [1.165, 1.54) is 11.3 Å². The van der Waals surface area contributed by atoms with Gasteiger partial charge in [-0.05, 0) is 43.2 Å². The molecule has 1 N–H and O–H groups in total. The monoisotopic (exact) mass is 340 g/mol. The SMILES string of the molecule is Cc1cc(C)c2sc(NC(=O)C3COc4ccccc4O3)nc2c1. The maximum Gasteiger partial charge on any atom is 0.270 e. The van der Waals surface area contributed by atoms with Crippen LogP contribution in [0.4, 0.5) is 5.13 Å². The van der Waals surface area contributed by atoms with Gasteiger partial charge in [0.25, 0.3) is 5.91 Å². The van der Waals surface area contributed by atoms with Gasteiger partial charge in [0, 0.05) is 0 Å². The molecule has 0 saturated heterocycles. The Morgan fingerprint density at radius 2 is 2.04 bits per heavy atom. The lowest BCUT2D eigenvalue weighted by Gasteiger charge is -2.25. The predicted octanol–water partition coefficient (Wildman–Crippen LogP) is 3.69. The van der Waals surface area contributed by atoms with Gasteiger partial charge in [-0.15, -0.1) is 0 Å². The van der Waals surface area contributed by atoms with E-state index >= 15 is 0 Å². The molecule has 0 spiro atoms. The van der Waals surface area contributed by atoms with Gasteiger partial charge in [-0.1, -0.05) is 29.5 Å². The number of thiazole rings is 1. The average molecular weight is 340 g/mol. The van der Waals surface area contributed by atoms with Crippen molar-refractivity contribution in [2.45, 2.75) is 20.0 Å². The minimum Gasteiger partial charge on any atom is -0.485 e. The topological polar surface area (TPSA) is 60.5 Å². The number of rotatable bonds is 2. The number of ether oxygens (including phenoxy) is 2. The third-order valence-corrected chi connectivity index (χ3v) is 4.97. The molecule has 3 aromatic rings. The summed E-state index contributed by atoms with van der Waals surface area (Å²) in [7, 11) is 0. The number of fused-ring (bicyclic) bond motifs is 2. The molecule has 6 heteroatoms. The Morgan fingerprint density at radius 1 is 1.25 bits per heavy atom. The maximum atomic E-state index is 12.5. The van der Waals surface area contributed by atoms with E-state index in [2.05, 4.69) is 16.4 Å². The van der Waals surface area contributed by atoms with E-state index in [0.29, 0.717) is 16.6 Å². The Morgan fingerprint density at radius 3 is 2.88 bits per heavy atom. The van der Waals surface area contributed by atoms with Crippen molar-refractivity contribution in [3.05, 3.63) is 47.5 Å². The normalized spacial score (nSPS) is 16.2. The first-order valence-electron chi connectivity index (χ1n) is 7.67. The van der Waals surface area contributed by atoms with Gasteiger partial charge in [0.1, 0.15) is 6.61 Å². The van der Waals surface area contributed by atoms with E-state index in [1.54, 1.807) is 6.07 Å². The van der Waals surface area contributed by atoms with E-state index in [-0.39, 0.29) is 12.5 Å². The van der Waals surface area contributed by atoms with Crippen LogP contribution in [0, 0.1) is 13.8 Å². The number of carbonyl (C=O) groups is 1. The van der Waals surface area contributed by atoms with Crippen molar-refractivity contribution in [3.63, 3.8) is 0 Å². The standard InChI is InChI=1S/C18H16N2O3S/c1-10-7-11(2)16-12(8-10)19-18(24-16)20-17(21)15-9-22-13-5-3-4-6-14(13)23-15/h3-8,15H,9H2,1-2H3,(H,19,20,21). The lowest BCUT2D eigenvalue weighted by Crippen LogP contribution is -2.40. The van der Waals surface area contributed by atoms with Crippen LogP contribution in [-0.2, 0) is 4.79 Å². The van der Waals surface area contributed by atoms with Gasteiger partial charge in [0.05, 0.1) is 10.2 Å². The predicted molar refractivity (Wildman–Crippen MR) is 94.1 cm³/mol. The number of anilines is 1. The zero-order chi connectivity index (χ0) is 16.7. The number of nitrogens with one attached hydrogen (secondary N) is 1. The molecule has 2 heterocycles. The average Bonchev–Trinajstić information content (AvgIpc) is 2.97. The highest BCUT2D eigenvalue weighted by molar-refractivity contribution is 7.22. The summed E-state index contributed by atoms with van der Waals surface area (Å²) in [6.45, 7) is 4.27. The summed E-state index contributed by atoms with van der Waals surface area (Å²) in [6.07, 6.45) is -0.685. The van der Waals surface area contributed by atoms with Gasteiger partial charge in [-0.3, -0.25) is 10.1 Å². The van der Waals surface area contributed by atoms with Crippen molar-refractivity contribution in [1.82, 2.24) is 4.98 Å². The number of hydrogen-bond acceptors (Lipinski definition) is 5. The smallest absolute Gasteiger partial charge is 0.270 e. The molecule has 1 amide bonds. The molecule has 0 saturated carbocycles. The van der Waals surface area contributed by atoms with Crippen molar-refractivity contribution in [2.75, 3.05) is 11.9 Å². The van der Waals surface area contributed by atoms with Crippen molar-refractivity contribution < 1.29 is 14.3 Å². The number of aromatic nitrogens is 1. The van der Waals surface area contributed by atoms with Crippen LogP contribution in [0.2, 0.25) is 0 Å². The lowest BCUT2D eigenvalue weighted by atomic mass is 10.1. The minimum absolute atomic E-state index is 0.186. The summed E-state index contributed by atoms with van der Waals surface area (Å²) in [5.74, 6) is 0.991. The van der Waals surface area contributed by atoms with Crippen molar-refractivity contribution in [1.29, 1.82) is 0 Å². The van der Waals surface area contributed by atoms with Gasteiger partial charge in [0.2, 0.25) is 6.10 Å². The van der Waals surface area contributed by atoms with Crippen LogP contribution < -0.4 is 14.8 Å². The third kappa shape index (κ3) is 2.69. The van der Waals surface area contributed by atoms with E-state index in [4.69, 9.17) is 9.47 Å². The van der Waals surface area contributed by atoms with Crippen LogP contribution in [0.3, 0.4) is 0 Å². The van der Waals surface area contributed by atoms with Crippen LogP contribution in [-0.4, -0.2) is 23.6 Å².